The minimum Gasteiger partial charge on any atom is -0.385 e. The van der Waals surface area contributed by atoms with Crippen molar-refractivity contribution < 1.29 is 4.39 Å². The Kier molecular flexibility index (Phi) is 3.98. The Morgan fingerprint density at radius 1 is 1.41 bits per heavy atom. The molecule has 0 aliphatic carbocycles. The normalized spacial score (nSPS) is 10.5. The van der Waals surface area contributed by atoms with E-state index in [1.165, 1.54) is 6.07 Å². The van der Waals surface area contributed by atoms with Crippen LogP contribution in [0.15, 0.2) is 36.9 Å². The maximum atomic E-state index is 13.1. The van der Waals surface area contributed by atoms with E-state index in [1.807, 2.05) is 10.8 Å². The molecule has 3 nitrogen and oxygen atoms in total. The van der Waals surface area contributed by atoms with E-state index in [2.05, 4.69) is 10.3 Å². The smallest absolute Gasteiger partial charge is 0.143 e. The summed E-state index contributed by atoms with van der Waals surface area (Å²) in [6, 6.07) is 4.72. The lowest BCUT2D eigenvalue weighted by molar-refractivity contribution is 0.628. The van der Waals surface area contributed by atoms with Crippen molar-refractivity contribution in [2.24, 2.45) is 0 Å². The highest BCUT2D eigenvalue weighted by molar-refractivity contribution is 6.30. The number of nitrogens with one attached hydrogen (secondary N) is 1. The first-order valence-corrected chi connectivity index (χ1v) is 5.78. The zero-order valence-electron chi connectivity index (χ0n) is 9.24. The third kappa shape index (κ3) is 3.46. The second-order valence-corrected chi connectivity index (χ2v) is 4.12. The van der Waals surface area contributed by atoms with Gasteiger partial charge >= 0.3 is 0 Å². The van der Waals surface area contributed by atoms with E-state index in [0.717, 1.165) is 25.2 Å². The summed E-state index contributed by atoms with van der Waals surface area (Å²) in [6.07, 6.45) is 6.40. The molecule has 0 unspecified atom stereocenters. The van der Waals surface area contributed by atoms with Crippen molar-refractivity contribution in [1.82, 2.24) is 9.55 Å². The Labute approximate surface area is 104 Å². The van der Waals surface area contributed by atoms with Gasteiger partial charge in [0.15, 0.2) is 0 Å². The molecule has 1 aromatic carbocycles. The molecule has 0 saturated heterocycles. The number of benzene rings is 1. The van der Waals surface area contributed by atoms with Gasteiger partial charge in [0.2, 0.25) is 0 Å². The molecule has 1 aromatic heterocycles. The van der Waals surface area contributed by atoms with Crippen molar-refractivity contribution in [3.05, 3.63) is 47.8 Å². The van der Waals surface area contributed by atoms with Gasteiger partial charge in [0, 0.05) is 31.2 Å². The molecule has 0 aliphatic heterocycles. The maximum absolute atomic E-state index is 13.1. The number of hydrogen-bond acceptors (Lipinski definition) is 2. The molecule has 17 heavy (non-hydrogen) atoms. The average Bonchev–Trinajstić information content (AvgIpc) is 2.82. The number of halogens is 2. The zero-order valence-corrected chi connectivity index (χ0v) is 9.99. The van der Waals surface area contributed by atoms with Gasteiger partial charge in [-0.3, -0.25) is 0 Å². The molecular weight excluding hydrogens is 241 g/mol. The molecule has 0 atom stereocenters. The highest BCUT2D eigenvalue weighted by Gasteiger charge is 2.00. The van der Waals surface area contributed by atoms with E-state index in [0.29, 0.717) is 0 Å². The largest absolute Gasteiger partial charge is 0.385 e. The van der Waals surface area contributed by atoms with Gasteiger partial charge in [0.1, 0.15) is 5.82 Å². The van der Waals surface area contributed by atoms with Crippen molar-refractivity contribution in [2.45, 2.75) is 13.0 Å². The number of anilines is 1. The molecule has 2 rings (SSSR count). The summed E-state index contributed by atoms with van der Waals surface area (Å²) < 4.78 is 15.1. The summed E-state index contributed by atoms with van der Waals surface area (Å²) in [7, 11) is 0. The predicted octanol–water partition coefficient (Wildman–Crippen LogP) is 3.18. The van der Waals surface area contributed by atoms with E-state index in [9.17, 15) is 4.39 Å². The average molecular weight is 254 g/mol. The number of imidazole rings is 1. The van der Waals surface area contributed by atoms with Crippen molar-refractivity contribution in [3.63, 3.8) is 0 Å². The van der Waals surface area contributed by atoms with E-state index >= 15 is 0 Å². The molecule has 0 aliphatic rings. The molecule has 0 spiro atoms. The standard InChI is InChI=1S/C12H13ClFN3/c13-11-3-2-10(8-12(11)14)16-4-1-6-17-7-5-15-9-17/h2-3,5,7-9,16H,1,4,6H2. The van der Waals surface area contributed by atoms with Crippen LogP contribution >= 0.6 is 11.6 Å². The van der Waals surface area contributed by atoms with E-state index in [-0.39, 0.29) is 5.02 Å². The minimum atomic E-state index is -0.397. The van der Waals surface area contributed by atoms with Crippen LogP contribution in [0.5, 0.6) is 0 Å². The maximum Gasteiger partial charge on any atom is 0.143 e. The van der Waals surface area contributed by atoms with Crippen LogP contribution in [0.2, 0.25) is 5.02 Å². The number of aryl methyl sites for hydroxylation is 1. The zero-order chi connectivity index (χ0) is 12.1. The van der Waals surface area contributed by atoms with Gasteiger partial charge in [-0.25, -0.2) is 9.37 Å². The molecule has 0 saturated carbocycles. The van der Waals surface area contributed by atoms with Crippen LogP contribution in [-0.4, -0.2) is 16.1 Å². The van der Waals surface area contributed by atoms with Crippen LogP contribution < -0.4 is 5.32 Å². The van der Waals surface area contributed by atoms with Gasteiger partial charge in [-0.2, -0.15) is 0 Å². The summed E-state index contributed by atoms with van der Waals surface area (Å²) in [6.45, 7) is 1.67. The van der Waals surface area contributed by atoms with Crippen LogP contribution in [0.1, 0.15) is 6.42 Å². The Morgan fingerprint density at radius 3 is 3.00 bits per heavy atom. The van der Waals surface area contributed by atoms with Gasteiger partial charge < -0.3 is 9.88 Å². The van der Waals surface area contributed by atoms with Gasteiger partial charge in [-0.1, -0.05) is 11.6 Å². The Bertz CT molecular complexity index is 471. The van der Waals surface area contributed by atoms with Crippen molar-refractivity contribution >= 4 is 17.3 Å². The third-order valence-electron chi connectivity index (χ3n) is 2.40. The Hall–Kier alpha value is -1.55. The minimum absolute atomic E-state index is 0.147. The number of hydrogen-bond donors (Lipinski definition) is 1. The number of aromatic nitrogens is 2. The number of rotatable bonds is 5. The lowest BCUT2D eigenvalue weighted by Crippen LogP contribution is -2.05. The molecule has 0 radical (unpaired) electrons. The summed E-state index contributed by atoms with van der Waals surface area (Å²) in [4.78, 5) is 3.96. The second-order valence-electron chi connectivity index (χ2n) is 3.71. The first kappa shape index (κ1) is 11.9. The lowest BCUT2D eigenvalue weighted by atomic mass is 10.3. The second kappa shape index (κ2) is 5.68. The number of nitrogens with zero attached hydrogens (tertiary/aromatic N) is 2. The fourth-order valence-electron chi connectivity index (χ4n) is 1.52. The summed E-state index contributed by atoms with van der Waals surface area (Å²) in [5.41, 5.74) is 0.748. The van der Waals surface area contributed by atoms with Crippen molar-refractivity contribution in [3.8, 4) is 0 Å². The highest BCUT2D eigenvalue weighted by atomic mass is 35.5. The van der Waals surface area contributed by atoms with Crippen LogP contribution in [0.4, 0.5) is 10.1 Å². The molecule has 90 valence electrons. The molecular formula is C12H13ClFN3. The first-order chi connectivity index (χ1) is 8.25. The summed E-state index contributed by atoms with van der Waals surface area (Å²) in [5, 5.41) is 3.29. The van der Waals surface area contributed by atoms with E-state index in [4.69, 9.17) is 11.6 Å². The molecule has 0 bridgehead atoms. The van der Waals surface area contributed by atoms with Crippen LogP contribution in [0.25, 0.3) is 0 Å². The lowest BCUT2D eigenvalue weighted by Gasteiger charge is -2.07. The van der Waals surface area contributed by atoms with Crippen LogP contribution in [0, 0.1) is 5.82 Å². The fraction of sp³-hybridized carbons (Fsp3) is 0.250. The van der Waals surface area contributed by atoms with Crippen LogP contribution in [0.3, 0.4) is 0 Å². The third-order valence-corrected chi connectivity index (χ3v) is 2.71. The highest BCUT2D eigenvalue weighted by Crippen LogP contribution is 2.18. The van der Waals surface area contributed by atoms with E-state index in [1.54, 1.807) is 24.7 Å². The van der Waals surface area contributed by atoms with Crippen LogP contribution in [-0.2, 0) is 6.54 Å². The fourth-order valence-corrected chi connectivity index (χ4v) is 1.64. The predicted molar refractivity (Wildman–Crippen MR) is 66.7 cm³/mol. The molecule has 1 N–H and O–H groups in total. The molecule has 5 heteroatoms. The first-order valence-electron chi connectivity index (χ1n) is 5.40. The van der Waals surface area contributed by atoms with Gasteiger partial charge in [0.25, 0.3) is 0 Å². The summed E-state index contributed by atoms with van der Waals surface area (Å²) >= 11 is 5.60. The van der Waals surface area contributed by atoms with Crippen molar-refractivity contribution in [1.29, 1.82) is 0 Å². The quantitative estimate of drug-likeness (QED) is 0.830. The van der Waals surface area contributed by atoms with E-state index < -0.39 is 5.82 Å². The Morgan fingerprint density at radius 2 is 2.29 bits per heavy atom. The molecule has 2 aromatic rings. The van der Waals surface area contributed by atoms with Gasteiger partial charge in [-0.15, -0.1) is 0 Å². The van der Waals surface area contributed by atoms with Gasteiger partial charge in [0.05, 0.1) is 11.3 Å². The Balaban J connectivity index is 1.76. The molecule has 0 amide bonds. The molecule has 1 heterocycles. The van der Waals surface area contributed by atoms with Crippen molar-refractivity contribution in [2.75, 3.05) is 11.9 Å². The molecule has 0 fully saturated rings. The topological polar surface area (TPSA) is 29.9 Å². The monoisotopic (exact) mass is 253 g/mol. The SMILES string of the molecule is Fc1cc(NCCCn2ccnc2)ccc1Cl. The van der Waals surface area contributed by atoms with Gasteiger partial charge in [-0.05, 0) is 24.6 Å². The summed E-state index contributed by atoms with van der Waals surface area (Å²) in [5.74, 6) is -0.397.